The van der Waals surface area contributed by atoms with Crippen molar-refractivity contribution in [3.05, 3.63) is 41.6 Å². The third kappa shape index (κ3) is 1.95. The predicted octanol–water partition coefficient (Wildman–Crippen LogP) is 1.67. The molecule has 0 bridgehead atoms. The zero-order valence-corrected chi connectivity index (χ0v) is 10.1. The van der Waals surface area contributed by atoms with Crippen LogP contribution in [0, 0.1) is 6.92 Å². The Balaban J connectivity index is 2.01. The largest absolute Gasteiger partial charge is 0.377 e. The van der Waals surface area contributed by atoms with Gasteiger partial charge in [0.05, 0.1) is 30.3 Å². The Kier molecular flexibility index (Phi) is 2.72. The molecule has 0 atom stereocenters. The van der Waals surface area contributed by atoms with Crippen LogP contribution in [0.2, 0.25) is 0 Å². The maximum atomic E-state index is 12.2. The number of nitrogens with one attached hydrogen (secondary N) is 1. The van der Waals surface area contributed by atoms with E-state index in [-0.39, 0.29) is 11.9 Å². The van der Waals surface area contributed by atoms with Crippen LogP contribution in [0.1, 0.15) is 16.1 Å². The lowest BCUT2D eigenvalue weighted by molar-refractivity contribution is -0.00343. The SMILES string of the molecule is Cc1cc(C(=O)NC2COC2)c2ccccc2n1. The topological polar surface area (TPSA) is 51.2 Å². The van der Waals surface area contributed by atoms with E-state index in [4.69, 9.17) is 4.74 Å². The van der Waals surface area contributed by atoms with Gasteiger partial charge in [-0.1, -0.05) is 18.2 Å². The number of rotatable bonds is 2. The van der Waals surface area contributed by atoms with E-state index in [1.807, 2.05) is 37.3 Å². The first kappa shape index (κ1) is 11.2. The number of carbonyl (C=O) groups is 1. The Morgan fingerprint density at radius 3 is 2.89 bits per heavy atom. The summed E-state index contributed by atoms with van der Waals surface area (Å²) >= 11 is 0. The third-order valence-electron chi connectivity index (χ3n) is 3.06. The van der Waals surface area contributed by atoms with Crippen molar-refractivity contribution in [1.29, 1.82) is 0 Å². The van der Waals surface area contributed by atoms with E-state index in [2.05, 4.69) is 10.3 Å². The quantitative estimate of drug-likeness (QED) is 0.871. The lowest BCUT2D eigenvalue weighted by Crippen LogP contribution is -2.48. The number of aryl methyl sites for hydroxylation is 1. The standard InChI is InChI=1S/C14H14N2O2/c1-9-6-12(14(17)16-10-7-18-8-10)11-4-2-3-5-13(11)15-9/h2-6,10H,7-8H2,1H3,(H,16,17). The molecule has 0 saturated carbocycles. The summed E-state index contributed by atoms with van der Waals surface area (Å²) in [5.41, 5.74) is 2.39. The molecule has 92 valence electrons. The van der Waals surface area contributed by atoms with Crippen molar-refractivity contribution >= 4 is 16.8 Å². The molecule has 2 aromatic rings. The second-order valence-corrected chi connectivity index (χ2v) is 4.54. The highest BCUT2D eigenvalue weighted by Crippen LogP contribution is 2.18. The molecule has 1 saturated heterocycles. The first-order valence-corrected chi connectivity index (χ1v) is 5.99. The molecule has 1 aliphatic rings. The summed E-state index contributed by atoms with van der Waals surface area (Å²) in [5.74, 6) is -0.0509. The number of aromatic nitrogens is 1. The molecule has 2 heterocycles. The van der Waals surface area contributed by atoms with Gasteiger partial charge in [0.2, 0.25) is 0 Å². The minimum atomic E-state index is -0.0509. The number of para-hydroxylation sites is 1. The van der Waals surface area contributed by atoms with Crippen molar-refractivity contribution in [2.45, 2.75) is 13.0 Å². The highest BCUT2D eigenvalue weighted by molar-refractivity contribution is 6.06. The molecule has 18 heavy (non-hydrogen) atoms. The number of amides is 1. The van der Waals surface area contributed by atoms with Gasteiger partial charge in [-0.3, -0.25) is 9.78 Å². The van der Waals surface area contributed by atoms with E-state index in [0.29, 0.717) is 18.8 Å². The Hall–Kier alpha value is -1.94. The highest BCUT2D eigenvalue weighted by atomic mass is 16.5. The summed E-state index contributed by atoms with van der Waals surface area (Å²) in [7, 11) is 0. The molecule has 1 amide bonds. The number of fused-ring (bicyclic) bond motifs is 1. The molecule has 1 aromatic heterocycles. The van der Waals surface area contributed by atoms with E-state index < -0.39 is 0 Å². The average molecular weight is 242 g/mol. The molecular weight excluding hydrogens is 228 g/mol. The van der Waals surface area contributed by atoms with Gasteiger partial charge in [0.1, 0.15) is 0 Å². The van der Waals surface area contributed by atoms with E-state index in [1.165, 1.54) is 0 Å². The lowest BCUT2D eigenvalue weighted by Gasteiger charge is -2.27. The van der Waals surface area contributed by atoms with Crippen LogP contribution in [0.4, 0.5) is 0 Å². The molecule has 3 rings (SSSR count). The molecule has 0 spiro atoms. The fourth-order valence-electron chi connectivity index (χ4n) is 2.08. The molecule has 1 aromatic carbocycles. The Morgan fingerprint density at radius 1 is 1.39 bits per heavy atom. The van der Waals surface area contributed by atoms with Crippen LogP contribution in [0.3, 0.4) is 0 Å². The predicted molar refractivity (Wildman–Crippen MR) is 68.6 cm³/mol. The number of hydrogen-bond acceptors (Lipinski definition) is 3. The summed E-state index contributed by atoms with van der Waals surface area (Å²) in [5, 5.41) is 3.85. The zero-order chi connectivity index (χ0) is 12.5. The Bertz CT molecular complexity index is 606. The van der Waals surface area contributed by atoms with Crippen LogP contribution < -0.4 is 5.32 Å². The average Bonchev–Trinajstić information content (AvgIpc) is 2.32. The van der Waals surface area contributed by atoms with Crippen LogP contribution in [0.5, 0.6) is 0 Å². The number of pyridine rings is 1. The lowest BCUT2D eigenvalue weighted by atomic mass is 10.1. The molecule has 1 N–H and O–H groups in total. The normalized spacial score (nSPS) is 15.4. The Labute approximate surface area is 105 Å². The van der Waals surface area contributed by atoms with Gasteiger partial charge in [0, 0.05) is 11.1 Å². The Morgan fingerprint density at radius 2 is 2.17 bits per heavy atom. The van der Waals surface area contributed by atoms with Gasteiger partial charge in [0.15, 0.2) is 0 Å². The van der Waals surface area contributed by atoms with Crippen molar-refractivity contribution in [2.24, 2.45) is 0 Å². The smallest absolute Gasteiger partial charge is 0.252 e. The van der Waals surface area contributed by atoms with E-state index in [0.717, 1.165) is 16.6 Å². The molecule has 4 nitrogen and oxygen atoms in total. The monoisotopic (exact) mass is 242 g/mol. The molecule has 4 heteroatoms. The van der Waals surface area contributed by atoms with Crippen LogP contribution in [0.25, 0.3) is 10.9 Å². The van der Waals surface area contributed by atoms with Gasteiger partial charge in [-0.25, -0.2) is 0 Å². The molecular formula is C14H14N2O2. The molecule has 1 aliphatic heterocycles. The zero-order valence-electron chi connectivity index (χ0n) is 10.1. The highest BCUT2D eigenvalue weighted by Gasteiger charge is 2.22. The number of nitrogens with zero attached hydrogens (tertiary/aromatic N) is 1. The molecule has 1 fully saturated rings. The van der Waals surface area contributed by atoms with Gasteiger partial charge < -0.3 is 10.1 Å². The van der Waals surface area contributed by atoms with Crippen molar-refractivity contribution < 1.29 is 9.53 Å². The summed E-state index contributed by atoms with van der Waals surface area (Å²) in [4.78, 5) is 16.6. The van der Waals surface area contributed by atoms with Crippen LogP contribution in [-0.4, -0.2) is 30.1 Å². The third-order valence-corrected chi connectivity index (χ3v) is 3.06. The van der Waals surface area contributed by atoms with Crippen molar-refractivity contribution in [2.75, 3.05) is 13.2 Å². The van der Waals surface area contributed by atoms with Crippen LogP contribution >= 0.6 is 0 Å². The van der Waals surface area contributed by atoms with Gasteiger partial charge >= 0.3 is 0 Å². The first-order chi connectivity index (χ1) is 8.74. The minimum Gasteiger partial charge on any atom is -0.377 e. The van der Waals surface area contributed by atoms with Gasteiger partial charge in [-0.15, -0.1) is 0 Å². The van der Waals surface area contributed by atoms with Crippen molar-refractivity contribution in [3.8, 4) is 0 Å². The number of hydrogen-bond donors (Lipinski definition) is 1. The van der Waals surface area contributed by atoms with E-state index >= 15 is 0 Å². The summed E-state index contributed by atoms with van der Waals surface area (Å²) in [6.07, 6.45) is 0. The number of carbonyl (C=O) groups excluding carboxylic acids is 1. The fraction of sp³-hybridized carbons (Fsp3) is 0.286. The van der Waals surface area contributed by atoms with E-state index in [9.17, 15) is 4.79 Å². The number of ether oxygens (including phenoxy) is 1. The number of benzene rings is 1. The van der Waals surface area contributed by atoms with Crippen molar-refractivity contribution in [1.82, 2.24) is 10.3 Å². The van der Waals surface area contributed by atoms with Gasteiger partial charge in [-0.05, 0) is 19.1 Å². The second kappa shape index (κ2) is 4.38. The minimum absolute atomic E-state index is 0.0509. The molecule has 0 unspecified atom stereocenters. The summed E-state index contributed by atoms with van der Waals surface area (Å²) < 4.78 is 5.06. The summed E-state index contributed by atoms with van der Waals surface area (Å²) in [6, 6.07) is 9.67. The molecule has 0 aliphatic carbocycles. The summed E-state index contributed by atoms with van der Waals surface area (Å²) in [6.45, 7) is 3.11. The van der Waals surface area contributed by atoms with Crippen LogP contribution in [0.15, 0.2) is 30.3 Å². The van der Waals surface area contributed by atoms with Gasteiger partial charge in [-0.2, -0.15) is 0 Å². The maximum Gasteiger partial charge on any atom is 0.252 e. The molecule has 0 radical (unpaired) electrons. The van der Waals surface area contributed by atoms with Crippen molar-refractivity contribution in [3.63, 3.8) is 0 Å². The van der Waals surface area contributed by atoms with Gasteiger partial charge in [0.25, 0.3) is 5.91 Å². The first-order valence-electron chi connectivity index (χ1n) is 5.99. The van der Waals surface area contributed by atoms with Crippen LogP contribution in [-0.2, 0) is 4.74 Å². The van der Waals surface area contributed by atoms with E-state index in [1.54, 1.807) is 0 Å². The maximum absolute atomic E-state index is 12.2. The second-order valence-electron chi connectivity index (χ2n) is 4.54. The fourth-order valence-corrected chi connectivity index (χ4v) is 2.08.